The largest absolute Gasteiger partial charge is 0.372 e. The minimum atomic E-state index is 0.417. The van der Waals surface area contributed by atoms with Crippen molar-refractivity contribution in [3.63, 3.8) is 0 Å². The molecule has 2 rings (SSSR count). The maximum absolute atomic E-state index is 5.98. The first-order valence-corrected chi connectivity index (χ1v) is 5.69. The summed E-state index contributed by atoms with van der Waals surface area (Å²) in [6, 6.07) is 5.50. The molecule has 4 heteroatoms. The third kappa shape index (κ3) is 2.78. The Kier molecular flexibility index (Phi) is 3.04. The topological polar surface area (TPSA) is 12.5 Å². The molecule has 1 atom stereocenters. The fourth-order valence-corrected chi connectivity index (χ4v) is 2.43. The van der Waals surface area contributed by atoms with E-state index in [4.69, 9.17) is 27.9 Å². The molecular weight excluding hydrogens is 227 g/mol. The summed E-state index contributed by atoms with van der Waals surface area (Å²) < 4.78 is 5.10. The van der Waals surface area contributed by atoms with Gasteiger partial charge in [0.1, 0.15) is 0 Å². The Morgan fingerprint density at radius 3 is 2.92 bits per heavy atom. The summed E-state index contributed by atoms with van der Waals surface area (Å²) in [6.07, 6.45) is 0.417. The van der Waals surface area contributed by atoms with Crippen molar-refractivity contribution in [3.05, 3.63) is 28.2 Å². The second-order valence-corrected chi connectivity index (χ2v) is 4.75. The van der Waals surface area contributed by atoms with Crippen molar-refractivity contribution in [2.45, 2.75) is 11.0 Å². The van der Waals surface area contributed by atoms with E-state index in [0.29, 0.717) is 6.10 Å². The summed E-state index contributed by atoms with van der Waals surface area (Å²) in [6.45, 7) is 0.880. The first-order chi connectivity index (χ1) is 6.25. The lowest BCUT2D eigenvalue weighted by Crippen LogP contribution is -1.88. The van der Waals surface area contributed by atoms with E-state index >= 15 is 0 Å². The lowest BCUT2D eigenvalue weighted by Gasteiger charge is -2.02. The van der Waals surface area contributed by atoms with Gasteiger partial charge >= 0.3 is 0 Å². The number of hydrogen-bond donors (Lipinski definition) is 0. The summed E-state index contributed by atoms with van der Waals surface area (Å²) in [5, 5.41) is 1.48. The minimum absolute atomic E-state index is 0.417. The van der Waals surface area contributed by atoms with Crippen LogP contribution >= 0.6 is 35.0 Å². The Hall–Kier alpha value is 0.110. The molecule has 0 unspecified atom stereocenters. The molecule has 1 aromatic rings. The summed E-state index contributed by atoms with van der Waals surface area (Å²) in [7, 11) is 0. The minimum Gasteiger partial charge on any atom is -0.372 e. The van der Waals surface area contributed by atoms with Gasteiger partial charge in [0.05, 0.1) is 17.7 Å². The first kappa shape index (κ1) is 9.66. The number of thioether (sulfide) groups is 1. The van der Waals surface area contributed by atoms with Gasteiger partial charge in [0.2, 0.25) is 0 Å². The third-order valence-electron chi connectivity index (χ3n) is 1.72. The van der Waals surface area contributed by atoms with Gasteiger partial charge in [-0.25, -0.2) is 0 Å². The van der Waals surface area contributed by atoms with Gasteiger partial charge in [0.25, 0.3) is 0 Å². The molecule has 0 aromatic heterocycles. The van der Waals surface area contributed by atoms with Crippen LogP contribution in [0.2, 0.25) is 10.0 Å². The van der Waals surface area contributed by atoms with Crippen molar-refractivity contribution < 1.29 is 4.74 Å². The smallest absolute Gasteiger partial charge is 0.0903 e. The number of ether oxygens (including phenoxy) is 1. The van der Waals surface area contributed by atoms with Gasteiger partial charge in [-0.1, -0.05) is 23.2 Å². The third-order valence-corrected chi connectivity index (χ3v) is 3.58. The van der Waals surface area contributed by atoms with Crippen LogP contribution in [0.4, 0.5) is 0 Å². The van der Waals surface area contributed by atoms with Crippen LogP contribution in [0.5, 0.6) is 0 Å². The van der Waals surface area contributed by atoms with E-state index in [1.165, 1.54) is 0 Å². The van der Waals surface area contributed by atoms with Gasteiger partial charge in [-0.2, -0.15) is 0 Å². The summed E-state index contributed by atoms with van der Waals surface area (Å²) >= 11 is 13.5. The van der Waals surface area contributed by atoms with Crippen LogP contribution in [0.25, 0.3) is 0 Å². The van der Waals surface area contributed by atoms with Crippen molar-refractivity contribution in [1.29, 1.82) is 0 Å². The van der Waals surface area contributed by atoms with Gasteiger partial charge < -0.3 is 4.74 Å². The van der Waals surface area contributed by atoms with Crippen LogP contribution in [-0.4, -0.2) is 18.5 Å². The van der Waals surface area contributed by atoms with Gasteiger partial charge in [-0.05, 0) is 18.2 Å². The Morgan fingerprint density at radius 2 is 2.23 bits per heavy atom. The maximum Gasteiger partial charge on any atom is 0.0903 e. The van der Waals surface area contributed by atoms with Crippen molar-refractivity contribution >= 4 is 35.0 Å². The highest BCUT2D eigenvalue weighted by molar-refractivity contribution is 7.99. The molecule has 70 valence electrons. The molecule has 0 spiro atoms. The van der Waals surface area contributed by atoms with Crippen LogP contribution in [0, 0.1) is 0 Å². The molecule has 1 aliphatic heterocycles. The highest BCUT2D eigenvalue weighted by Crippen LogP contribution is 2.31. The van der Waals surface area contributed by atoms with E-state index in [2.05, 4.69) is 0 Å². The Balaban J connectivity index is 2.03. The van der Waals surface area contributed by atoms with Gasteiger partial charge in [-0.15, -0.1) is 11.8 Å². The molecular formula is C9H8Cl2OS. The Labute approximate surface area is 91.4 Å². The second-order valence-electron chi connectivity index (χ2n) is 2.84. The molecule has 0 N–H and O–H groups in total. The molecule has 1 heterocycles. The quantitative estimate of drug-likeness (QED) is 0.587. The lowest BCUT2D eigenvalue weighted by atomic mass is 10.4. The van der Waals surface area contributed by atoms with E-state index in [1.807, 2.05) is 12.1 Å². The molecule has 1 saturated heterocycles. The number of rotatable bonds is 3. The average molecular weight is 235 g/mol. The van der Waals surface area contributed by atoms with E-state index in [1.54, 1.807) is 17.8 Å². The normalized spacial score (nSPS) is 20.3. The Morgan fingerprint density at radius 1 is 1.46 bits per heavy atom. The SMILES string of the molecule is Clc1ccc(Cl)c(SC[C@H]2CO2)c1. The molecule has 0 bridgehead atoms. The first-order valence-electron chi connectivity index (χ1n) is 3.95. The molecule has 13 heavy (non-hydrogen) atoms. The molecule has 0 aliphatic carbocycles. The lowest BCUT2D eigenvalue weighted by molar-refractivity contribution is 0.426. The van der Waals surface area contributed by atoms with E-state index in [0.717, 1.165) is 27.3 Å². The van der Waals surface area contributed by atoms with Gasteiger partial charge in [-0.3, -0.25) is 0 Å². The number of halogens is 2. The molecule has 1 aliphatic rings. The highest BCUT2D eigenvalue weighted by atomic mass is 35.5. The zero-order valence-corrected chi connectivity index (χ0v) is 9.12. The second kappa shape index (κ2) is 4.09. The predicted molar refractivity (Wildman–Crippen MR) is 56.9 cm³/mol. The van der Waals surface area contributed by atoms with E-state index in [9.17, 15) is 0 Å². The summed E-state index contributed by atoms with van der Waals surface area (Å²) in [4.78, 5) is 1.03. The number of hydrogen-bond acceptors (Lipinski definition) is 2. The van der Waals surface area contributed by atoms with Crippen LogP contribution in [0.15, 0.2) is 23.1 Å². The zero-order chi connectivity index (χ0) is 9.26. The zero-order valence-electron chi connectivity index (χ0n) is 6.80. The van der Waals surface area contributed by atoms with Gasteiger partial charge in [0.15, 0.2) is 0 Å². The molecule has 0 saturated carbocycles. The van der Waals surface area contributed by atoms with Crippen molar-refractivity contribution in [3.8, 4) is 0 Å². The van der Waals surface area contributed by atoms with Crippen molar-refractivity contribution in [1.82, 2.24) is 0 Å². The standard InChI is InChI=1S/C9H8Cl2OS/c10-6-1-2-8(11)9(3-6)13-5-7-4-12-7/h1-3,7H,4-5H2/t7-/m1/s1. The molecule has 0 radical (unpaired) electrons. The van der Waals surface area contributed by atoms with Crippen LogP contribution in [0.3, 0.4) is 0 Å². The Bertz CT molecular complexity index is 312. The van der Waals surface area contributed by atoms with Crippen LogP contribution in [-0.2, 0) is 4.74 Å². The number of benzene rings is 1. The fraction of sp³-hybridized carbons (Fsp3) is 0.333. The summed E-state index contributed by atoms with van der Waals surface area (Å²) in [5.41, 5.74) is 0. The monoisotopic (exact) mass is 234 g/mol. The average Bonchev–Trinajstić information content (AvgIpc) is 2.90. The molecule has 0 amide bonds. The molecule has 1 fully saturated rings. The van der Waals surface area contributed by atoms with E-state index < -0.39 is 0 Å². The highest BCUT2D eigenvalue weighted by Gasteiger charge is 2.22. The van der Waals surface area contributed by atoms with Crippen molar-refractivity contribution in [2.24, 2.45) is 0 Å². The predicted octanol–water partition coefficient (Wildman–Crippen LogP) is 3.48. The maximum atomic E-state index is 5.98. The van der Waals surface area contributed by atoms with Crippen LogP contribution < -0.4 is 0 Å². The van der Waals surface area contributed by atoms with Gasteiger partial charge in [0, 0.05) is 15.7 Å². The summed E-state index contributed by atoms with van der Waals surface area (Å²) in [5.74, 6) is 0.958. The molecule has 1 nitrogen and oxygen atoms in total. The fourth-order valence-electron chi connectivity index (χ4n) is 0.935. The van der Waals surface area contributed by atoms with Crippen LogP contribution in [0.1, 0.15) is 0 Å². The number of epoxide rings is 1. The van der Waals surface area contributed by atoms with Crippen molar-refractivity contribution in [2.75, 3.05) is 12.4 Å². The molecule has 1 aromatic carbocycles. The van der Waals surface area contributed by atoms with E-state index in [-0.39, 0.29) is 0 Å².